The second-order valence-corrected chi connectivity index (χ2v) is 6.93. The van der Waals surface area contributed by atoms with Gasteiger partial charge >= 0.3 is 5.97 Å². The van der Waals surface area contributed by atoms with Gasteiger partial charge in [-0.2, -0.15) is 0 Å². The molecule has 0 aromatic heterocycles. The highest BCUT2D eigenvalue weighted by atomic mass is 32.2. The summed E-state index contributed by atoms with van der Waals surface area (Å²) in [6.45, 7) is 1.85. The zero-order valence-corrected chi connectivity index (χ0v) is 15.0. The zero-order valence-electron chi connectivity index (χ0n) is 14.2. The van der Waals surface area contributed by atoms with E-state index in [9.17, 15) is 9.59 Å². The van der Waals surface area contributed by atoms with E-state index >= 15 is 0 Å². The van der Waals surface area contributed by atoms with E-state index in [-0.39, 0.29) is 17.6 Å². The maximum atomic E-state index is 12.3. The Morgan fingerprint density at radius 3 is 2.32 bits per heavy atom. The van der Waals surface area contributed by atoms with Crippen molar-refractivity contribution < 1.29 is 19.4 Å². The molecule has 0 spiro atoms. The molecule has 25 heavy (non-hydrogen) atoms. The lowest BCUT2D eigenvalue weighted by atomic mass is 10.1. The third kappa shape index (κ3) is 6.15. The molecule has 5 nitrogen and oxygen atoms in total. The topological polar surface area (TPSA) is 75.6 Å². The first kappa shape index (κ1) is 18.9. The van der Waals surface area contributed by atoms with Crippen LogP contribution in [-0.2, 0) is 16.0 Å². The van der Waals surface area contributed by atoms with Crippen LogP contribution in [0.5, 0.6) is 5.75 Å². The van der Waals surface area contributed by atoms with Crippen LogP contribution in [0.1, 0.15) is 18.9 Å². The molecule has 0 bridgehead atoms. The lowest BCUT2D eigenvalue weighted by Crippen LogP contribution is -2.22. The molecule has 0 aliphatic rings. The molecule has 0 saturated carbocycles. The largest absolute Gasteiger partial charge is 0.497 e. The predicted molar refractivity (Wildman–Crippen MR) is 99.3 cm³/mol. The molecule has 0 fully saturated rings. The van der Waals surface area contributed by atoms with Crippen molar-refractivity contribution in [2.45, 2.75) is 29.9 Å². The fourth-order valence-electron chi connectivity index (χ4n) is 2.16. The third-order valence-corrected chi connectivity index (χ3v) is 4.70. The molecule has 2 aromatic rings. The molecule has 0 saturated heterocycles. The fraction of sp³-hybridized carbons (Fsp3) is 0.263. The van der Waals surface area contributed by atoms with Crippen LogP contribution in [0, 0.1) is 0 Å². The molecule has 1 atom stereocenters. The molecular formula is C19H21NO4S. The number of carboxylic acids is 1. The van der Waals surface area contributed by atoms with E-state index in [1.54, 1.807) is 19.2 Å². The smallest absolute Gasteiger partial charge is 0.303 e. The number of ether oxygens (including phenoxy) is 1. The van der Waals surface area contributed by atoms with Gasteiger partial charge in [0.25, 0.3) is 0 Å². The SMILES string of the molecule is COc1ccc(SC(C)C(=O)Nc2ccc(CCC(=O)O)cc2)cc1. The second-order valence-electron chi connectivity index (χ2n) is 5.52. The van der Waals surface area contributed by atoms with Gasteiger partial charge < -0.3 is 15.2 Å². The number of aryl methyl sites for hydroxylation is 1. The number of benzene rings is 2. The Morgan fingerprint density at radius 1 is 1.12 bits per heavy atom. The van der Waals surface area contributed by atoms with Crippen LogP contribution < -0.4 is 10.1 Å². The van der Waals surface area contributed by atoms with E-state index < -0.39 is 5.97 Å². The van der Waals surface area contributed by atoms with Gasteiger partial charge in [-0.1, -0.05) is 12.1 Å². The number of hydrogen-bond donors (Lipinski definition) is 2. The molecule has 6 heteroatoms. The summed E-state index contributed by atoms with van der Waals surface area (Å²) in [4.78, 5) is 23.9. The third-order valence-electron chi connectivity index (χ3n) is 3.59. The molecule has 2 rings (SSSR count). The van der Waals surface area contributed by atoms with Crippen LogP contribution in [0.4, 0.5) is 5.69 Å². The van der Waals surface area contributed by atoms with Crippen LogP contribution in [0.15, 0.2) is 53.4 Å². The molecule has 0 radical (unpaired) electrons. The number of rotatable bonds is 8. The highest BCUT2D eigenvalue weighted by Gasteiger charge is 2.14. The van der Waals surface area contributed by atoms with Crippen molar-refractivity contribution in [2.24, 2.45) is 0 Å². The highest BCUT2D eigenvalue weighted by Crippen LogP contribution is 2.26. The highest BCUT2D eigenvalue weighted by molar-refractivity contribution is 8.00. The Morgan fingerprint density at radius 2 is 1.76 bits per heavy atom. The van der Waals surface area contributed by atoms with Crippen molar-refractivity contribution in [3.8, 4) is 5.75 Å². The summed E-state index contributed by atoms with van der Waals surface area (Å²) in [6, 6.07) is 14.8. The number of amides is 1. The monoisotopic (exact) mass is 359 g/mol. The molecular weight excluding hydrogens is 338 g/mol. The van der Waals surface area contributed by atoms with Gasteiger partial charge in [-0.15, -0.1) is 11.8 Å². The van der Waals surface area contributed by atoms with E-state index in [1.165, 1.54) is 11.8 Å². The average molecular weight is 359 g/mol. The number of carboxylic acid groups (broad SMARTS) is 1. The molecule has 0 aliphatic heterocycles. The fourth-order valence-corrected chi connectivity index (χ4v) is 3.03. The van der Waals surface area contributed by atoms with Crippen LogP contribution in [-0.4, -0.2) is 29.3 Å². The van der Waals surface area contributed by atoms with Crippen LogP contribution in [0.25, 0.3) is 0 Å². The van der Waals surface area contributed by atoms with E-state index in [4.69, 9.17) is 9.84 Å². The van der Waals surface area contributed by atoms with Crippen molar-refractivity contribution >= 4 is 29.3 Å². The standard InChI is InChI=1S/C19H21NO4S/c1-13(25-17-10-8-16(24-2)9-11-17)19(23)20-15-6-3-14(4-7-15)5-12-18(21)22/h3-4,6-11,13H,5,12H2,1-2H3,(H,20,23)(H,21,22). The quantitative estimate of drug-likeness (QED) is 0.701. The molecule has 0 aliphatic carbocycles. The first-order chi connectivity index (χ1) is 12.0. The van der Waals surface area contributed by atoms with E-state index in [1.807, 2.05) is 43.3 Å². The minimum Gasteiger partial charge on any atom is -0.497 e. The van der Waals surface area contributed by atoms with Gasteiger partial charge in [0.15, 0.2) is 0 Å². The summed E-state index contributed by atoms with van der Waals surface area (Å²) in [5, 5.41) is 11.3. The Balaban J connectivity index is 1.88. The Labute approximate surface area is 151 Å². The number of carbonyl (C=O) groups is 2. The lowest BCUT2D eigenvalue weighted by Gasteiger charge is -2.12. The second kappa shape index (κ2) is 9.13. The molecule has 2 N–H and O–H groups in total. The average Bonchev–Trinajstić information content (AvgIpc) is 2.61. The van der Waals surface area contributed by atoms with Gasteiger partial charge in [-0.05, 0) is 55.3 Å². The molecule has 132 valence electrons. The van der Waals surface area contributed by atoms with Crippen LogP contribution in [0.2, 0.25) is 0 Å². The minimum atomic E-state index is -0.818. The number of aliphatic carboxylic acids is 1. The predicted octanol–water partition coefficient (Wildman–Crippen LogP) is 3.83. The van der Waals surface area contributed by atoms with Gasteiger partial charge in [0.1, 0.15) is 5.75 Å². The maximum Gasteiger partial charge on any atom is 0.303 e. The molecule has 1 amide bonds. The van der Waals surface area contributed by atoms with Gasteiger partial charge in [0, 0.05) is 17.0 Å². The summed E-state index contributed by atoms with van der Waals surface area (Å²) in [6.07, 6.45) is 0.578. The van der Waals surface area contributed by atoms with Crippen LogP contribution in [0.3, 0.4) is 0 Å². The van der Waals surface area contributed by atoms with E-state index in [0.29, 0.717) is 12.1 Å². The molecule has 0 heterocycles. The van der Waals surface area contributed by atoms with Crippen molar-refractivity contribution in [1.82, 2.24) is 0 Å². The minimum absolute atomic E-state index is 0.0842. The van der Waals surface area contributed by atoms with E-state index in [2.05, 4.69) is 5.32 Å². The summed E-state index contributed by atoms with van der Waals surface area (Å²) in [7, 11) is 1.62. The number of anilines is 1. The normalized spacial score (nSPS) is 11.6. The van der Waals surface area contributed by atoms with Crippen LogP contribution >= 0.6 is 11.8 Å². The summed E-state index contributed by atoms with van der Waals surface area (Å²) < 4.78 is 5.12. The number of methoxy groups -OCH3 is 1. The Kier molecular flexibility index (Phi) is 6.89. The Bertz CT molecular complexity index is 713. The van der Waals surface area contributed by atoms with Crippen molar-refractivity contribution in [1.29, 1.82) is 0 Å². The number of carbonyl (C=O) groups excluding carboxylic acids is 1. The van der Waals surface area contributed by atoms with Gasteiger partial charge in [-0.25, -0.2) is 0 Å². The first-order valence-corrected chi connectivity index (χ1v) is 8.78. The number of hydrogen-bond acceptors (Lipinski definition) is 4. The molecule has 1 unspecified atom stereocenters. The van der Waals surface area contributed by atoms with E-state index in [0.717, 1.165) is 16.2 Å². The number of nitrogens with one attached hydrogen (secondary N) is 1. The van der Waals surface area contributed by atoms with Gasteiger partial charge in [0.2, 0.25) is 5.91 Å². The zero-order chi connectivity index (χ0) is 18.2. The van der Waals surface area contributed by atoms with Crippen molar-refractivity contribution in [3.63, 3.8) is 0 Å². The number of thioether (sulfide) groups is 1. The summed E-state index contributed by atoms with van der Waals surface area (Å²) in [5.74, 6) is -0.120. The summed E-state index contributed by atoms with van der Waals surface area (Å²) in [5.41, 5.74) is 1.63. The molecule has 2 aromatic carbocycles. The Hall–Kier alpha value is -2.47. The first-order valence-electron chi connectivity index (χ1n) is 7.90. The lowest BCUT2D eigenvalue weighted by molar-refractivity contribution is -0.137. The van der Waals surface area contributed by atoms with Crippen molar-refractivity contribution in [2.75, 3.05) is 12.4 Å². The summed E-state index contributed by atoms with van der Waals surface area (Å²) >= 11 is 1.47. The van der Waals surface area contributed by atoms with Gasteiger partial charge in [0.05, 0.1) is 12.4 Å². The maximum absolute atomic E-state index is 12.3. The van der Waals surface area contributed by atoms with Crippen molar-refractivity contribution in [3.05, 3.63) is 54.1 Å². The van der Waals surface area contributed by atoms with Gasteiger partial charge in [-0.3, -0.25) is 9.59 Å².